The van der Waals surface area contributed by atoms with Crippen LogP contribution in [0.3, 0.4) is 0 Å². The highest BCUT2D eigenvalue weighted by Gasteiger charge is 2.16. The molecule has 0 radical (unpaired) electrons. The summed E-state index contributed by atoms with van der Waals surface area (Å²) in [4.78, 5) is 12.4. The molecule has 0 saturated carbocycles. The number of amides is 1. The normalized spacial score (nSPS) is 12.8. The molecular formula is C22H16N2O. The summed E-state index contributed by atoms with van der Waals surface area (Å²) in [5.74, 6) is -0.392. The molecule has 0 aliphatic heterocycles. The van der Waals surface area contributed by atoms with E-state index in [9.17, 15) is 10.1 Å². The number of nitrogens with one attached hydrogen (secondary N) is 1. The molecule has 0 spiro atoms. The first-order valence-electron chi connectivity index (χ1n) is 8.28. The van der Waals surface area contributed by atoms with Crippen LogP contribution in [0.5, 0.6) is 0 Å². The Balaban J connectivity index is 1.73. The Morgan fingerprint density at radius 2 is 1.72 bits per heavy atom. The van der Waals surface area contributed by atoms with E-state index in [1.54, 1.807) is 18.2 Å². The number of anilines is 1. The van der Waals surface area contributed by atoms with Crippen LogP contribution < -0.4 is 5.32 Å². The Kier molecular flexibility index (Phi) is 3.80. The van der Waals surface area contributed by atoms with E-state index in [0.29, 0.717) is 5.69 Å². The van der Waals surface area contributed by atoms with E-state index in [4.69, 9.17) is 0 Å². The van der Waals surface area contributed by atoms with Crippen LogP contribution in [0.2, 0.25) is 0 Å². The van der Waals surface area contributed by atoms with Gasteiger partial charge in [-0.2, -0.15) is 5.26 Å². The average Bonchev–Trinajstić information content (AvgIpc) is 3.07. The molecule has 3 aromatic rings. The Morgan fingerprint density at radius 3 is 2.48 bits per heavy atom. The summed E-state index contributed by atoms with van der Waals surface area (Å²) in [6, 6.07) is 21.5. The summed E-state index contributed by atoms with van der Waals surface area (Å²) in [5.41, 5.74) is 4.36. The molecule has 120 valence electrons. The molecule has 1 aliphatic carbocycles. The van der Waals surface area contributed by atoms with Crippen LogP contribution >= 0.6 is 0 Å². The van der Waals surface area contributed by atoms with Crippen molar-refractivity contribution >= 4 is 28.4 Å². The van der Waals surface area contributed by atoms with Crippen LogP contribution in [0.25, 0.3) is 16.8 Å². The van der Waals surface area contributed by atoms with Gasteiger partial charge in [0.05, 0.1) is 0 Å². The number of carbonyl (C=O) groups is 1. The molecule has 3 nitrogen and oxygen atoms in total. The zero-order valence-electron chi connectivity index (χ0n) is 13.6. The number of hydrogen-bond acceptors (Lipinski definition) is 2. The molecule has 3 heteroatoms. The Hall–Kier alpha value is -3.38. The van der Waals surface area contributed by atoms with Crippen LogP contribution in [0, 0.1) is 11.3 Å². The maximum Gasteiger partial charge on any atom is 0.266 e. The number of aryl methyl sites for hydroxylation is 2. The monoisotopic (exact) mass is 324 g/mol. The third kappa shape index (κ3) is 2.79. The van der Waals surface area contributed by atoms with E-state index in [0.717, 1.165) is 23.8 Å². The summed E-state index contributed by atoms with van der Waals surface area (Å²) >= 11 is 0. The van der Waals surface area contributed by atoms with Crippen LogP contribution in [0.15, 0.2) is 66.2 Å². The molecule has 0 bridgehead atoms. The van der Waals surface area contributed by atoms with Crippen molar-refractivity contribution in [3.8, 4) is 6.07 Å². The molecule has 0 aromatic heterocycles. The van der Waals surface area contributed by atoms with Gasteiger partial charge in [-0.1, -0.05) is 48.5 Å². The lowest BCUT2D eigenvalue weighted by Gasteiger charge is -2.07. The molecule has 0 fully saturated rings. The topological polar surface area (TPSA) is 52.9 Å². The second-order valence-electron chi connectivity index (χ2n) is 6.14. The lowest BCUT2D eigenvalue weighted by atomic mass is 9.98. The predicted molar refractivity (Wildman–Crippen MR) is 100 cm³/mol. The van der Waals surface area contributed by atoms with Gasteiger partial charge in [0.15, 0.2) is 0 Å². The highest BCUT2D eigenvalue weighted by Crippen LogP contribution is 2.33. The van der Waals surface area contributed by atoms with Crippen molar-refractivity contribution in [2.45, 2.75) is 12.8 Å². The third-order valence-corrected chi connectivity index (χ3v) is 4.61. The number of nitrogens with zero attached hydrogens (tertiary/aromatic N) is 1. The Bertz CT molecular complexity index is 1030. The van der Waals surface area contributed by atoms with Gasteiger partial charge in [-0.15, -0.1) is 0 Å². The van der Waals surface area contributed by atoms with Crippen molar-refractivity contribution in [2.75, 3.05) is 5.32 Å². The number of para-hydroxylation sites is 1. The first kappa shape index (κ1) is 15.2. The second kappa shape index (κ2) is 6.26. The van der Waals surface area contributed by atoms with Crippen molar-refractivity contribution < 1.29 is 4.79 Å². The van der Waals surface area contributed by atoms with Gasteiger partial charge < -0.3 is 5.32 Å². The quantitative estimate of drug-likeness (QED) is 0.570. The largest absolute Gasteiger partial charge is 0.321 e. The van der Waals surface area contributed by atoms with Crippen molar-refractivity contribution in [3.63, 3.8) is 0 Å². The maximum absolute atomic E-state index is 12.4. The molecule has 1 N–H and O–H groups in total. The lowest BCUT2D eigenvalue weighted by molar-refractivity contribution is -0.112. The molecule has 1 aliphatic rings. The van der Waals surface area contributed by atoms with Crippen molar-refractivity contribution in [2.24, 2.45) is 0 Å². The van der Waals surface area contributed by atoms with E-state index in [-0.39, 0.29) is 5.57 Å². The minimum atomic E-state index is -0.392. The third-order valence-electron chi connectivity index (χ3n) is 4.61. The van der Waals surface area contributed by atoms with E-state index in [1.807, 2.05) is 36.4 Å². The lowest BCUT2D eigenvalue weighted by Crippen LogP contribution is -2.13. The standard InChI is InChI=1S/C22H16N2O/c23-14-18(22(25)24-19-6-2-1-3-7-19)13-17-12-11-16-10-9-15-5-4-8-20(17)21(15)16/h1-8,11-13H,9-10H2,(H,24,25)/b18-13+. The Morgan fingerprint density at radius 1 is 0.960 bits per heavy atom. The minimum Gasteiger partial charge on any atom is -0.321 e. The zero-order valence-corrected chi connectivity index (χ0v) is 13.6. The molecule has 3 aromatic carbocycles. The number of carbonyl (C=O) groups excluding carboxylic acids is 1. The number of nitriles is 1. The molecule has 0 saturated heterocycles. The highest BCUT2D eigenvalue weighted by molar-refractivity contribution is 6.11. The number of hydrogen-bond donors (Lipinski definition) is 1. The van der Waals surface area contributed by atoms with Crippen molar-refractivity contribution in [1.82, 2.24) is 0 Å². The van der Waals surface area contributed by atoms with Gasteiger partial charge in [-0.25, -0.2) is 0 Å². The van der Waals surface area contributed by atoms with E-state index in [2.05, 4.69) is 23.5 Å². The first-order valence-corrected chi connectivity index (χ1v) is 8.28. The van der Waals surface area contributed by atoms with Crippen molar-refractivity contribution in [3.05, 3.63) is 82.9 Å². The zero-order chi connectivity index (χ0) is 17.2. The van der Waals surface area contributed by atoms with E-state index >= 15 is 0 Å². The molecule has 1 amide bonds. The minimum absolute atomic E-state index is 0.0996. The second-order valence-corrected chi connectivity index (χ2v) is 6.14. The summed E-state index contributed by atoms with van der Waals surface area (Å²) in [7, 11) is 0. The van der Waals surface area contributed by atoms with Crippen LogP contribution in [0.1, 0.15) is 16.7 Å². The van der Waals surface area contributed by atoms with Crippen LogP contribution in [-0.2, 0) is 17.6 Å². The molecule has 4 rings (SSSR count). The predicted octanol–water partition coefficient (Wildman–Crippen LogP) is 4.48. The van der Waals surface area contributed by atoms with Crippen LogP contribution in [-0.4, -0.2) is 5.91 Å². The molecule has 0 atom stereocenters. The maximum atomic E-state index is 12.4. The summed E-state index contributed by atoms with van der Waals surface area (Å²) < 4.78 is 0. The highest BCUT2D eigenvalue weighted by atomic mass is 16.1. The van der Waals surface area contributed by atoms with Gasteiger partial charge in [0, 0.05) is 5.69 Å². The van der Waals surface area contributed by atoms with Crippen molar-refractivity contribution in [1.29, 1.82) is 5.26 Å². The van der Waals surface area contributed by atoms with Gasteiger partial charge in [-0.3, -0.25) is 4.79 Å². The molecule has 0 heterocycles. The Labute approximate surface area is 146 Å². The smallest absolute Gasteiger partial charge is 0.266 e. The van der Waals surface area contributed by atoms with Gasteiger partial charge >= 0.3 is 0 Å². The fourth-order valence-electron chi connectivity index (χ4n) is 3.42. The molecular weight excluding hydrogens is 308 g/mol. The van der Waals surface area contributed by atoms with Gasteiger partial charge in [0.1, 0.15) is 11.6 Å². The number of rotatable bonds is 3. The van der Waals surface area contributed by atoms with Crippen LogP contribution in [0.4, 0.5) is 5.69 Å². The van der Waals surface area contributed by atoms with Gasteiger partial charge in [-0.05, 0) is 58.5 Å². The van der Waals surface area contributed by atoms with E-state index in [1.165, 1.54) is 16.5 Å². The summed E-state index contributed by atoms with van der Waals surface area (Å²) in [6.45, 7) is 0. The number of benzene rings is 3. The fraction of sp³-hybridized carbons (Fsp3) is 0.0909. The first-order chi connectivity index (χ1) is 12.3. The SMILES string of the molecule is N#C/C(=C\c1ccc2c3c(cccc13)CC2)C(=O)Nc1ccccc1. The molecule has 25 heavy (non-hydrogen) atoms. The summed E-state index contributed by atoms with van der Waals surface area (Å²) in [5, 5.41) is 14.6. The van der Waals surface area contributed by atoms with Gasteiger partial charge in [0.25, 0.3) is 5.91 Å². The van der Waals surface area contributed by atoms with Gasteiger partial charge in [0.2, 0.25) is 0 Å². The average molecular weight is 324 g/mol. The van der Waals surface area contributed by atoms with E-state index < -0.39 is 5.91 Å². The fourth-order valence-corrected chi connectivity index (χ4v) is 3.42. The summed E-state index contributed by atoms with van der Waals surface area (Å²) in [6.07, 6.45) is 3.79. The molecule has 0 unspecified atom stereocenters.